The Balaban J connectivity index is 3.02. The van der Waals surface area contributed by atoms with Crippen LogP contribution in [0.4, 0.5) is 0 Å². The van der Waals surface area contributed by atoms with Crippen LogP contribution in [0.5, 0.6) is 0 Å². The van der Waals surface area contributed by atoms with Crippen molar-refractivity contribution in [2.75, 3.05) is 0 Å². The van der Waals surface area contributed by atoms with Crippen LogP contribution in [0.2, 0.25) is 2.92 Å². The Morgan fingerprint density at radius 2 is 1.20 bits per heavy atom. The average molecular weight is 259 g/mol. The van der Waals surface area contributed by atoms with Gasteiger partial charge in [-0.15, -0.1) is 0 Å². The molecule has 28 valence electrons. The van der Waals surface area contributed by atoms with Crippen molar-refractivity contribution in [3.63, 3.8) is 0 Å². The summed E-state index contributed by atoms with van der Waals surface area (Å²) in [4.78, 5) is 0. The summed E-state index contributed by atoms with van der Waals surface area (Å²) in [5, 5.41) is 0. The molecule has 0 saturated carbocycles. The second-order valence-electron chi connectivity index (χ2n) is 3.00. The molecule has 0 N–H and O–H groups in total. The van der Waals surface area contributed by atoms with Crippen LogP contribution in [0.25, 0.3) is 0 Å². The maximum absolute atomic E-state index is 2.29. The van der Waals surface area contributed by atoms with Crippen molar-refractivity contribution in [1.29, 1.82) is 0 Å². The molecule has 0 spiro atoms. The second kappa shape index (κ2) is 1.59. The summed E-state index contributed by atoms with van der Waals surface area (Å²) in [6.45, 7) is 6.86. The molecule has 0 unspecified atom stereocenters. The van der Waals surface area contributed by atoms with Gasteiger partial charge < -0.3 is 0 Å². The molecule has 0 amide bonds. The van der Waals surface area contributed by atoms with Crippen molar-refractivity contribution in [2.24, 2.45) is 0 Å². The molecule has 0 aromatic carbocycles. The first-order valence-electron chi connectivity index (χ1n) is 2.00. The van der Waals surface area contributed by atoms with Gasteiger partial charge in [0, 0.05) is 0 Å². The molecule has 0 aromatic rings. The van der Waals surface area contributed by atoms with E-state index in [1.54, 1.807) is 0 Å². The molecule has 0 radical (unpaired) electrons. The van der Waals surface area contributed by atoms with E-state index in [2.05, 4.69) is 20.8 Å². The van der Waals surface area contributed by atoms with Crippen molar-refractivity contribution in [3.05, 3.63) is 0 Å². The molecule has 0 fully saturated rings. The van der Waals surface area contributed by atoms with E-state index in [-0.39, 0.29) is 0 Å². The van der Waals surface area contributed by atoms with Gasteiger partial charge in [0.1, 0.15) is 0 Å². The van der Waals surface area contributed by atoms with Crippen molar-refractivity contribution in [3.8, 4) is 0 Å². The van der Waals surface area contributed by atoms with Crippen LogP contribution in [0.15, 0.2) is 0 Å². The zero-order chi connectivity index (χ0) is 4.50. The van der Waals surface area contributed by atoms with Gasteiger partial charge in [0.2, 0.25) is 0 Å². The third kappa shape index (κ3) is 48.6. The van der Waals surface area contributed by atoms with Crippen molar-refractivity contribution >= 4 is 0 Å². The SMILES string of the molecule is C[C](C)(C)[HgH]. The normalized spacial score (nSPS) is 11.6. The Morgan fingerprint density at radius 3 is 1.20 bits per heavy atom. The Labute approximate surface area is 49.9 Å². The Kier molecular flexibility index (Phi) is 1.89. The summed E-state index contributed by atoms with van der Waals surface area (Å²) >= 11 is 0.780. The Hall–Kier alpha value is 0.935. The molecule has 0 rings (SSSR count). The Morgan fingerprint density at radius 1 is 1.20 bits per heavy atom. The topological polar surface area (TPSA) is 0 Å². The van der Waals surface area contributed by atoms with Crippen molar-refractivity contribution < 1.29 is 26.1 Å². The third-order valence-corrected chi connectivity index (χ3v) is 0. The average Bonchev–Trinajstić information content (AvgIpc) is 0.722. The molecule has 0 aromatic heterocycles. The van der Waals surface area contributed by atoms with Crippen molar-refractivity contribution in [2.45, 2.75) is 23.7 Å². The zero-order valence-corrected chi connectivity index (χ0v) is 12.3. The third-order valence-electron chi connectivity index (χ3n) is 0. The van der Waals surface area contributed by atoms with E-state index in [9.17, 15) is 0 Å². The van der Waals surface area contributed by atoms with E-state index in [0.717, 1.165) is 29.0 Å². The van der Waals surface area contributed by atoms with Crippen LogP contribution in [0.1, 0.15) is 20.8 Å². The summed E-state index contributed by atoms with van der Waals surface area (Å²) in [5.74, 6) is 0. The van der Waals surface area contributed by atoms with Crippen LogP contribution in [-0.4, -0.2) is 0 Å². The predicted octanol–water partition coefficient (Wildman–Crippen LogP) is 1.48. The molecule has 0 heterocycles. The fraction of sp³-hybridized carbons (Fsp3) is 1.00. The van der Waals surface area contributed by atoms with Gasteiger partial charge in [0.05, 0.1) is 0 Å². The van der Waals surface area contributed by atoms with E-state index in [1.807, 2.05) is 0 Å². The van der Waals surface area contributed by atoms with Gasteiger partial charge in [-0.1, -0.05) is 0 Å². The van der Waals surface area contributed by atoms with Crippen LogP contribution >= 0.6 is 0 Å². The first-order chi connectivity index (χ1) is 2.00. The van der Waals surface area contributed by atoms with Crippen LogP contribution in [-0.2, 0) is 26.1 Å². The first kappa shape index (κ1) is 5.94. The number of hydrogen-bond acceptors (Lipinski definition) is 0. The molecule has 0 aliphatic carbocycles. The van der Waals surface area contributed by atoms with Gasteiger partial charge in [0.25, 0.3) is 0 Å². The molecule has 5 heavy (non-hydrogen) atoms. The molecule has 0 aliphatic rings. The van der Waals surface area contributed by atoms with E-state index in [1.165, 1.54) is 0 Å². The van der Waals surface area contributed by atoms with Crippen molar-refractivity contribution in [1.82, 2.24) is 0 Å². The predicted molar refractivity (Wildman–Crippen MR) is 21.1 cm³/mol. The van der Waals surface area contributed by atoms with Gasteiger partial charge in [-0.3, -0.25) is 0 Å². The molecule has 1 heteroatoms. The van der Waals surface area contributed by atoms with Gasteiger partial charge in [-0.2, -0.15) is 0 Å². The second-order valence-corrected chi connectivity index (χ2v) is 14.7. The van der Waals surface area contributed by atoms with Gasteiger partial charge >= 0.3 is 49.8 Å². The summed E-state index contributed by atoms with van der Waals surface area (Å²) in [6.07, 6.45) is 0. The van der Waals surface area contributed by atoms with Crippen LogP contribution in [0.3, 0.4) is 0 Å². The summed E-state index contributed by atoms with van der Waals surface area (Å²) in [5.41, 5.74) is 0. The van der Waals surface area contributed by atoms with Gasteiger partial charge in [-0.25, -0.2) is 0 Å². The fourth-order valence-corrected chi connectivity index (χ4v) is 0. The summed E-state index contributed by atoms with van der Waals surface area (Å²) in [6, 6.07) is 0. The van der Waals surface area contributed by atoms with E-state index >= 15 is 0 Å². The molecule has 0 atom stereocenters. The molecule has 0 bridgehead atoms. The Bertz CT molecular complexity index is 19.1. The molecule has 0 nitrogen and oxygen atoms in total. The van der Waals surface area contributed by atoms with Crippen LogP contribution < -0.4 is 0 Å². The van der Waals surface area contributed by atoms with E-state index in [0.29, 0.717) is 0 Å². The molecular formula is C4H10Hg. The number of rotatable bonds is 0. The quantitative estimate of drug-likeness (QED) is 0.578. The molecule has 0 saturated heterocycles. The van der Waals surface area contributed by atoms with Gasteiger partial charge in [-0.05, 0) is 0 Å². The standard InChI is InChI=1S/C4H9.Hg.H/c1-4(2)3;;/h1-3H3;;. The van der Waals surface area contributed by atoms with E-state index < -0.39 is 0 Å². The fourth-order valence-electron chi connectivity index (χ4n) is 0. The van der Waals surface area contributed by atoms with Gasteiger partial charge in [0.15, 0.2) is 0 Å². The minimum atomic E-state index is 0.722. The number of hydrogen-bond donors (Lipinski definition) is 0. The first-order valence-corrected chi connectivity index (χ1v) is 5.89. The molecule has 0 aliphatic heterocycles. The zero-order valence-electron chi connectivity index (χ0n) is 4.50. The monoisotopic (exact) mass is 260 g/mol. The minimum absolute atomic E-state index is 0.722. The maximum atomic E-state index is 2.29. The van der Waals surface area contributed by atoms with E-state index in [4.69, 9.17) is 0 Å². The van der Waals surface area contributed by atoms with Crippen LogP contribution in [0, 0.1) is 0 Å². The molecular weight excluding hydrogens is 249 g/mol. The summed E-state index contributed by atoms with van der Waals surface area (Å²) < 4.78 is 0.722. The summed E-state index contributed by atoms with van der Waals surface area (Å²) in [7, 11) is 0.